The largest absolute Gasteiger partial charge is 0.472 e. The second-order valence-electron chi connectivity index (χ2n) is 8.21. The van der Waals surface area contributed by atoms with E-state index in [1.165, 1.54) is 26.1 Å². The van der Waals surface area contributed by atoms with Crippen LogP contribution in [-0.2, 0) is 14.3 Å². The van der Waals surface area contributed by atoms with E-state index >= 15 is 0 Å². The van der Waals surface area contributed by atoms with Crippen molar-refractivity contribution in [2.45, 2.75) is 57.0 Å². The summed E-state index contributed by atoms with van der Waals surface area (Å²) in [6, 6.07) is 1.38. The molecule has 1 aliphatic carbocycles. The molecular formula is C21H28N2O5. The van der Waals surface area contributed by atoms with Crippen molar-refractivity contribution >= 4 is 17.8 Å². The number of rotatable bonds is 3. The Hall–Kier alpha value is -2.31. The second kappa shape index (κ2) is 7.97. The fraction of sp³-hybridized carbons (Fsp3) is 0.667. The molecule has 2 aliphatic heterocycles. The van der Waals surface area contributed by atoms with Gasteiger partial charge < -0.3 is 19.0 Å². The van der Waals surface area contributed by atoms with Crippen LogP contribution in [0.3, 0.4) is 0 Å². The molecular weight excluding hydrogens is 360 g/mol. The molecule has 1 aromatic heterocycles. The minimum Gasteiger partial charge on any atom is -0.472 e. The number of likely N-dealkylation sites (tertiary alicyclic amines) is 2. The Morgan fingerprint density at radius 1 is 1.11 bits per heavy atom. The maximum atomic E-state index is 13.4. The molecule has 0 aromatic carbocycles. The van der Waals surface area contributed by atoms with Crippen LogP contribution in [0.1, 0.15) is 55.3 Å². The van der Waals surface area contributed by atoms with Gasteiger partial charge in [0.1, 0.15) is 12.3 Å². The number of carbonyl (C=O) groups excluding carboxylic acids is 3. The van der Waals surface area contributed by atoms with E-state index in [4.69, 9.17) is 9.15 Å². The molecule has 152 valence electrons. The van der Waals surface area contributed by atoms with Crippen molar-refractivity contribution in [3.63, 3.8) is 0 Å². The monoisotopic (exact) mass is 388 g/mol. The zero-order chi connectivity index (χ0) is 19.7. The molecule has 3 aliphatic rings. The number of hydrogen-bond donors (Lipinski definition) is 0. The van der Waals surface area contributed by atoms with Crippen molar-refractivity contribution in [3.05, 3.63) is 24.2 Å². The summed E-state index contributed by atoms with van der Waals surface area (Å²) < 4.78 is 10.00. The molecule has 3 atom stereocenters. The molecule has 0 N–H and O–H groups in total. The molecule has 28 heavy (non-hydrogen) atoms. The van der Waals surface area contributed by atoms with Gasteiger partial charge in [0.15, 0.2) is 0 Å². The first-order valence-corrected chi connectivity index (χ1v) is 10.3. The third kappa shape index (κ3) is 3.42. The zero-order valence-corrected chi connectivity index (χ0v) is 16.3. The van der Waals surface area contributed by atoms with E-state index in [1.54, 1.807) is 11.0 Å². The van der Waals surface area contributed by atoms with Crippen LogP contribution < -0.4 is 0 Å². The van der Waals surface area contributed by atoms with E-state index in [1.807, 2.05) is 4.90 Å². The summed E-state index contributed by atoms with van der Waals surface area (Å²) in [6.45, 7) is 1.09. The van der Waals surface area contributed by atoms with Gasteiger partial charge in [-0.05, 0) is 44.1 Å². The molecule has 1 saturated carbocycles. The number of ether oxygens (including phenoxy) is 1. The number of amides is 2. The maximum absolute atomic E-state index is 13.4. The highest BCUT2D eigenvalue weighted by Gasteiger charge is 2.49. The van der Waals surface area contributed by atoms with Crippen molar-refractivity contribution in [3.8, 4) is 0 Å². The number of methoxy groups -OCH3 is 1. The van der Waals surface area contributed by atoms with Gasteiger partial charge in [0.2, 0.25) is 5.91 Å². The highest BCUT2D eigenvalue weighted by atomic mass is 16.5. The van der Waals surface area contributed by atoms with Crippen LogP contribution >= 0.6 is 0 Å². The lowest BCUT2D eigenvalue weighted by atomic mass is 9.84. The molecule has 3 heterocycles. The molecule has 2 amide bonds. The fourth-order valence-electron chi connectivity index (χ4n) is 5.23. The Morgan fingerprint density at radius 3 is 2.54 bits per heavy atom. The molecule has 3 fully saturated rings. The van der Waals surface area contributed by atoms with Crippen LogP contribution in [0, 0.1) is 11.8 Å². The van der Waals surface area contributed by atoms with Gasteiger partial charge in [0.25, 0.3) is 5.91 Å². The van der Waals surface area contributed by atoms with Crippen molar-refractivity contribution in [2.75, 3.05) is 20.2 Å². The average Bonchev–Trinajstić information content (AvgIpc) is 3.40. The van der Waals surface area contributed by atoms with E-state index in [9.17, 15) is 14.4 Å². The SMILES string of the molecule is COC(=O)C1CC2CCCCC2N1C(=O)C1CCN(C(=O)c2ccoc2)CC1. The quantitative estimate of drug-likeness (QED) is 0.743. The van der Waals surface area contributed by atoms with Crippen LogP contribution in [0.15, 0.2) is 23.0 Å². The van der Waals surface area contributed by atoms with E-state index in [0.717, 1.165) is 25.7 Å². The van der Waals surface area contributed by atoms with Gasteiger partial charge in [-0.3, -0.25) is 9.59 Å². The average molecular weight is 388 g/mol. The Labute approximate surface area is 165 Å². The number of furan rings is 1. The normalized spacial score (nSPS) is 28.1. The minimum atomic E-state index is -0.448. The lowest BCUT2D eigenvalue weighted by molar-refractivity contribution is -0.154. The van der Waals surface area contributed by atoms with E-state index < -0.39 is 6.04 Å². The summed E-state index contributed by atoms with van der Waals surface area (Å²) in [5.41, 5.74) is 0.542. The van der Waals surface area contributed by atoms with Crippen molar-refractivity contribution in [1.29, 1.82) is 0 Å². The van der Waals surface area contributed by atoms with Crippen LogP contribution in [-0.4, -0.2) is 59.9 Å². The van der Waals surface area contributed by atoms with Gasteiger partial charge in [-0.15, -0.1) is 0 Å². The molecule has 1 aromatic rings. The van der Waals surface area contributed by atoms with Gasteiger partial charge in [-0.2, -0.15) is 0 Å². The summed E-state index contributed by atoms with van der Waals surface area (Å²) in [5.74, 6) is -0.0121. The van der Waals surface area contributed by atoms with Crippen molar-refractivity contribution in [1.82, 2.24) is 9.80 Å². The van der Waals surface area contributed by atoms with Gasteiger partial charge in [-0.25, -0.2) is 4.79 Å². The first-order chi connectivity index (χ1) is 13.6. The highest BCUT2D eigenvalue weighted by Crippen LogP contribution is 2.41. The van der Waals surface area contributed by atoms with E-state index in [-0.39, 0.29) is 29.7 Å². The van der Waals surface area contributed by atoms with Gasteiger partial charge in [0, 0.05) is 25.0 Å². The van der Waals surface area contributed by atoms with Crippen LogP contribution in [0.5, 0.6) is 0 Å². The molecule has 4 rings (SSSR count). The van der Waals surface area contributed by atoms with Crippen LogP contribution in [0.4, 0.5) is 0 Å². The summed E-state index contributed by atoms with van der Waals surface area (Å²) in [6.07, 6.45) is 9.26. The summed E-state index contributed by atoms with van der Waals surface area (Å²) >= 11 is 0. The number of fused-ring (bicyclic) bond motifs is 1. The highest BCUT2D eigenvalue weighted by molar-refractivity contribution is 5.94. The maximum Gasteiger partial charge on any atom is 0.328 e. The van der Waals surface area contributed by atoms with Crippen molar-refractivity contribution in [2.24, 2.45) is 11.8 Å². The molecule has 2 saturated heterocycles. The second-order valence-corrected chi connectivity index (χ2v) is 8.21. The number of carbonyl (C=O) groups is 3. The first kappa shape index (κ1) is 19.0. The Morgan fingerprint density at radius 2 is 1.86 bits per heavy atom. The number of esters is 1. The molecule has 0 radical (unpaired) electrons. The fourth-order valence-corrected chi connectivity index (χ4v) is 5.23. The Kier molecular flexibility index (Phi) is 5.42. The summed E-state index contributed by atoms with van der Waals surface area (Å²) in [7, 11) is 1.40. The third-order valence-corrected chi connectivity index (χ3v) is 6.72. The van der Waals surface area contributed by atoms with Gasteiger partial charge in [0.05, 0.1) is 18.9 Å². The number of hydrogen-bond acceptors (Lipinski definition) is 5. The molecule has 7 nitrogen and oxygen atoms in total. The predicted molar refractivity (Wildman–Crippen MR) is 100 cm³/mol. The third-order valence-electron chi connectivity index (χ3n) is 6.72. The van der Waals surface area contributed by atoms with Crippen LogP contribution in [0.2, 0.25) is 0 Å². The van der Waals surface area contributed by atoms with E-state index in [2.05, 4.69) is 0 Å². The minimum absolute atomic E-state index is 0.0550. The molecule has 0 spiro atoms. The Bertz CT molecular complexity index is 723. The van der Waals surface area contributed by atoms with E-state index in [0.29, 0.717) is 37.4 Å². The topological polar surface area (TPSA) is 80.1 Å². The van der Waals surface area contributed by atoms with Crippen molar-refractivity contribution < 1.29 is 23.5 Å². The number of nitrogens with zero attached hydrogens (tertiary/aromatic N) is 2. The summed E-state index contributed by atoms with van der Waals surface area (Å²) in [4.78, 5) is 41.8. The molecule has 0 bridgehead atoms. The zero-order valence-electron chi connectivity index (χ0n) is 16.3. The predicted octanol–water partition coefficient (Wildman–Crippen LogP) is 2.46. The van der Waals surface area contributed by atoms with Gasteiger partial charge >= 0.3 is 5.97 Å². The first-order valence-electron chi connectivity index (χ1n) is 10.3. The van der Waals surface area contributed by atoms with Crippen LogP contribution in [0.25, 0.3) is 0 Å². The standard InChI is InChI=1S/C21H28N2O5/c1-27-21(26)18-12-15-4-2-3-5-17(15)23(18)20(25)14-6-9-22(10-7-14)19(24)16-8-11-28-13-16/h8,11,13-15,17-18H,2-7,9-10,12H2,1H3. The molecule has 3 unspecified atom stereocenters. The lowest BCUT2D eigenvalue weighted by Gasteiger charge is -2.38. The van der Waals surface area contributed by atoms with Gasteiger partial charge in [-0.1, -0.05) is 12.8 Å². The molecule has 7 heteroatoms. The summed E-state index contributed by atoms with van der Waals surface area (Å²) in [5, 5.41) is 0. The lowest BCUT2D eigenvalue weighted by Crippen LogP contribution is -2.51. The Balaban J connectivity index is 1.43. The number of piperidine rings is 1. The smallest absolute Gasteiger partial charge is 0.328 e.